The van der Waals surface area contributed by atoms with Crippen LogP contribution in [0.25, 0.3) is 0 Å². The van der Waals surface area contributed by atoms with Gasteiger partial charge in [-0.3, -0.25) is 9.78 Å². The molecule has 0 aliphatic heterocycles. The number of aromatic nitrogens is 1. The molecule has 136 valence electrons. The van der Waals surface area contributed by atoms with E-state index in [-0.39, 0.29) is 11.8 Å². The molecule has 2 aromatic carbocycles. The number of carbonyl (C=O) groups is 2. The minimum absolute atomic E-state index is 0.357. The average Bonchev–Trinajstić information content (AvgIpc) is 2.74. The Morgan fingerprint density at radius 2 is 1.37 bits per heavy atom. The third-order valence-electron chi connectivity index (χ3n) is 4.33. The fourth-order valence-corrected chi connectivity index (χ4v) is 3.03. The number of methoxy groups -OCH3 is 1. The predicted octanol–water partition coefficient (Wildman–Crippen LogP) is 3.19. The quantitative estimate of drug-likeness (QED) is 0.686. The van der Waals surface area contributed by atoms with E-state index in [1.807, 2.05) is 60.7 Å². The zero-order valence-corrected chi connectivity index (χ0v) is 14.9. The van der Waals surface area contributed by atoms with E-state index in [9.17, 15) is 9.59 Å². The van der Waals surface area contributed by atoms with Crippen molar-refractivity contribution in [3.05, 3.63) is 102 Å². The topological polar surface area (TPSA) is 68.3 Å². The Kier molecular flexibility index (Phi) is 5.94. The Labute approximate surface area is 158 Å². The first-order valence-electron chi connectivity index (χ1n) is 8.59. The number of carbonyl (C=O) groups excluding carboxylic acids is 2. The first-order valence-corrected chi connectivity index (χ1v) is 8.59. The van der Waals surface area contributed by atoms with Gasteiger partial charge in [0.05, 0.1) is 7.11 Å². The Morgan fingerprint density at radius 1 is 0.852 bits per heavy atom. The number of rotatable bonds is 6. The van der Waals surface area contributed by atoms with Crippen molar-refractivity contribution in [2.75, 3.05) is 7.11 Å². The van der Waals surface area contributed by atoms with E-state index in [0.29, 0.717) is 5.56 Å². The van der Waals surface area contributed by atoms with Crippen LogP contribution in [0.5, 0.6) is 0 Å². The molecule has 0 fully saturated rings. The molecular weight excluding hydrogens is 340 g/mol. The molecule has 0 aliphatic carbocycles. The Bertz CT molecular complexity index is 844. The summed E-state index contributed by atoms with van der Waals surface area (Å²) < 4.78 is 5.01. The number of amides is 1. The highest BCUT2D eigenvalue weighted by Crippen LogP contribution is 2.29. The summed E-state index contributed by atoms with van der Waals surface area (Å²) in [6.45, 7) is 0. The van der Waals surface area contributed by atoms with Gasteiger partial charge in [0.1, 0.15) is 6.04 Å². The second kappa shape index (κ2) is 8.76. The zero-order valence-electron chi connectivity index (χ0n) is 14.9. The van der Waals surface area contributed by atoms with Crippen LogP contribution in [0.4, 0.5) is 0 Å². The van der Waals surface area contributed by atoms with Crippen molar-refractivity contribution in [3.8, 4) is 0 Å². The van der Waals surface area contributed by atoms with E-state index < -0.39 is 12.0 Å². The molecule has 5 heteroatoms. The third kappa shape index (κ3) is 4.39. The number of pyridine rings is 1. The van der Waals surface area contributed by atoms with Crippen LogP contribution in [-0.2, 0) is 9.53 Å². The predicted molar refractivity (Wildman–Crippen MR) is 102 cm³/mol. The fraction of sp³-hybridized carbons (Fsp3) is 0.136. The number of nitrogens with one attached hydrogen (secondary N) is 1. The summed E-state index contributed by atoms with van der Waals surface area (Å²) in [6, 6.07) is 21.5. The van der Waals surface area contributed by atoms with Crippen LogP contribution in [0.15, 0.2) is 85.2 Å². The number of hydrogen-bond acceptors (Lipinski definition) is 4. The molecule has 3 aromatic rings. The van der Waals surface area contributed by atoms with Gasteiger partial charge in [-0.05, 0) is 23.3 Å². The molecule has 1 atom stereocenters. The summed E-state index contributed by atoms with van der Waals surface area (Å²) >= 11 is 0. The molecule has 0 saturated carbocycles. The Morgan fingerprint density at radius 3 is 1.85 bits per heavy atom. The maximum atomic E-state index is 12.7. The second-order valence-electron chi connectivity index (χ2n) is 6.01. The largest absolute Gasteiger partial charge is 0.467 e. The molecule has 0 radical (unpaired) electrons. The highest BCUT2D eigenvalue weighted by molar-refractivity contribution is 5.97. The van der Waals surface area contributed by atoms with E-state index in [4.69, 9.17) is 4.74 Å². The summed E-state index contributed by atoms with van der Waals surface area (Å²) in [5.74, 6) is -1.24. The summed E-state index contributed by atoms with van der Waals surface area (Å²) in [6.07, 6.45) is 3.07. The number of nitrogens with zero attached hydrogens (tertiary/aromatic N) is 1. The number of hydrogen-bond donors (Lipinski definition) is 1. The first kappa shape index (κ1) is 18.3. The van der Waals surface area contributed by atoms with Crippen LogP contribution in [0.1, 0.15) is 27.4 Å². The van der Waals surface area contributed by atoms with Gasteiger partial charge in [0.15, 0.2) is 0 Å². The van der Waals surface area contributed by atoms with Crippen LogP contribution < -0.4 is 5.32 Å². The number of benzene rings is 2. The summed E-state index contributed by atoms with van der Waals surface area (Å²) in [4.78, 5) is 29.2. The molecule has 27 heavy (non-hydrogen) atoms. The molecule has 1 amide bonds. The maximum absolute atomic E-state index is 12.7. The first-order chi connectivity index (χ1) is 13.2. The van der Waals surface area contributed by atoms with Gasteiger partial charge in [-0.1, -0.05) is 60.7 Å². The lowest BCUT2D eigenvalue weighted by atomic mass is 9.85. The molecule has 1 aromatic heterocycles. The fourth-order valence-electron chi connectivity index (χ4n) is 3.03. The van der Waals surface area contributed by atoms with Crippen molar-refractivity contribution >= 4 is 11.9 Å². The zero-order chi connectivity index (χ0) is 19.1. The molecule has 0 unspecified atom stereocenters. The van der Waals surface area contributed by atoms with Gasteiger partial charge >= 0.3 is 5.97 Å². The lowest BCUT2D eigenvalue weighted by Gasteiger charge is -2.27. The normalized spacial score (nSPS) is 11.6. The molecule has 1 N–H and O–H groups in total. The average molecular weight is 360 g/mol. The Balaban J connectivity index is 2.01. The lowest BCUT2D eigenvalue weighted by molar-refractivity contribution is -0.143. The van der Waals surface area contributed by atoms with Crippen LogP contribution in [0.3, 0.4) is 0 Å². The minimum Gasteiger partial charge on any atom is -0.467 e. The van der Waals surface area contributed by atoms with Crippen LogP contribution >= 0.6 is 0 Å². The molecule has 0 spiro atoms. The van der Waals surface area contributed by atoms with Gasteiger partial charge < -0.3 is 10.1 Å². The van der Waals surface area contributed by atoms with Crippen molar-refractivity contribution in [2.45, 2.75) is 12.0 Å². The van der Waals surface area contributed by atoms with E-state index >= 15 is 0 Å². The van der Waals surface area contributed by atoms with Gasteiger partial charge in [0.25, 0.3) is 5.91 Å². The SMILES string of the molecule is COC(=O)[C@H](NC(=O)c1ccncc1)C(c1ccccc1)c1ccccc1. The standard InChI is InChI=1S/C22H20N2O3/c1-27-22(26)20(24-21(25)18-12-14-23-15-13-18)19(16-8-4-2-5-9-16)17-10-6-3-7-11-17/h2-15,19-20H,1H3,(H,24,25)/t20-/m1/s1. The minimum atomic E-state index is -0.875. The van der Waals surface area contributed by atoms with E-state index in [1.165, 1.54) is 19.5 Å². The number of esters is 1. The van der Waals surface area contributed by atoms with Crippen molar-refractivity contribution in [1.82, 2.24) is 10.3 Å². The molecule has 0 bridgehead atoms. The molecular formula is C22H20N2O3. The van der Waals surface area contributed by atoms with E-state index in [1.54, 1.807) is 12.1 Å². The summed E-state index contributed by atoms with van der Waals surface area (Å²) in [5.41, 5.74) is 2.25. The van der Waals surface area contributed by atoms with Gasteiger partial charge in [0, 0.05) is 23.9 Å². The highest BCUT2D eigenvalue weighted by Gasteiger charge is 2.33. The van der Waals surface area contributed by atoms with E-state index in [0.717, 1.165) is 11.1 Å². The van der Waals surface area contributed by atoms with Crippen LogP contribution in [-0.4, -0.2) is 30.0 Å². The monoisotopic (exact) mass is 360 g/mol. The van der Waals surface area contributed by atoms with Gasteiger partial charge in [-0.25, -0.2) is 4.79 Å². The van der Waals surface area contributed by atoms with Crippen molar-refractivity contribution in [2.24, 2.45) is 0 Å². The third-order valence-corrected chi connectivity index (χ3v) is 4.33. The van der Waals surface area contributed by atoms with Crippen molar-refractivity contribution < 1.29 is 14.3 Å². The highest BCUT2D eigenvalue weighted by atomic mass is 16.5. The van der Waals surface area contributed by atoms with Crippen molar-refractivity contribution in [1.29, 1.82) is 0 Å². The smallest absolute Gasteiger partial charge is 0.329 e. The molecule has 0 aliphatic rings. The van der Waals surface area contributed by atoms with Gasteiger partial charge in [-0.15, -0.1) is 0 Å². The van der Waals surface area contributed by atoms with Crippen molar-refractivity contribution in [3.63, 3.8) is 0 Å². The number of ether oxygens (including phenoxy) is 1. The molecule has 0 saturated heterocycles. The van der Waals surface area contributed by atoms with Crippen LogP contribution in [0.2, 0.25) is 0 Å². The summed E-state index contributed by atoms with van der Waals surface area (Å²) in [5, 5.41) is 2.84. The Hall–Kier alpha value is -3.47. The van der Waals surface area contributed by atoms with E-state index in [2.05, 4.69) is 10.3 Å². The lowest BCUT2D eigenvalue weighted by Crippen LogP contribution is -2.46. The second-order valence-corrected chi connectivity index (χ2v) is 6.01. The molecule has 1 heterocycles. The van der Waals surface area contributed by atoms with Gasteiger partial charge in [0.2, 0.25) is 0 Å². The molecule has 3 rings (SSSR count). The molecule has 5 nitrogen and oxygen atoms in total. The van der Waals surface area contributed by atoms with Gasteiger partial charge in [-0.2, -0.15) is 0 Å². The van der Waals surface area contributed by atoms with Crippen LogP contribution in [0, 0.1) is 0 Å². The summed E-state index contributed by atoms with van der Waals surface area (Å²) in [7, 11) is 1.32. The maximum Gasteiger partial charge on any atom is 0.329 e.